The number of benzene rings is 1. The number of aliphatic hydroxyl groups is 1. The molecule has 0 unspecified atom stereocenters. The molecule has 0 aliphatic rings. The van der Waals surface area contributed by atoms with Gasteiger partial charge in [0.15, 0.2) is 0 Å². The Morgan fingerprint density at radius 1 is 1.33 bits per heavy atom. The maximum Gasteiger partial charge on any atom is 0.303 e. The van der Waals surface area contributed by atoms with Gasteiger partial charge in [-0.1, -0.05) is 0 Å². The van der Waals surface area contributed by atoms with Crippen molar-refractivity contribution in [2.45, 2.75) is 6.92 Å². The molecule has 0 spiro atoms. The first-order valence-electron chi connectivity index (χ1n) is 5.02. The van der Waals surface area contributed by atoms with Gasteiger partial charge in [-0.05, 0) is 19.1 Å². The summed E-state index contributed by atoms with van der Waals surface area (Å²) in [5.41, 5.74) is 0.711. The third-order valence-electron chi connectivity index (χ3n) is 2.47. The van der Waals surface area contributed by atoms with Crippen molar-refractivity contribution < 1.29 is 14.6 Å². The standard InChI is InChI=1S/C13H12N2O3/c1-8-11(17-3)5-9(6-12(8)18-4)13(16)10(7-14)15-2/h5-6,16H,1,3-4H3/b13-10+. The minimum Gasteiger partial charge on any atom is -0.518 e. The van der Waals surface area contributed by atoms with Crippen molar-refractivity contribution in [2.24, 2.45) is 0 Å². The Morgan fingerprint density at radius 3 is 2.17 bits per heavy atom. The molecular weight excluding hydrogens is 232 g/mol. The van der Waals surface area contributed by atoms with Crippen molar-refractivity contribution in [3.05, 3.63) is 40.4 Å². The van der Waals surface area contributed by atoms with Crippen molar-refractivity contribution in [3.63, 3.8) is 0 Å². The summed E-state index contributed by atoms with van der Waals surface area (Å²) >= 11 is 0. The van der Waals surface area contributed by atoms with Crippen LogP contribution in [0.1, 0.15) is 11.1 Å². The molecule has 18 heavy (non-hydrogen) atoms. The van der Waals surface area contributed by atoms with Crippen molar-refractivity contribution in [1.82, 2.24) is 0 Å². The second-order valence-electron chi connectivity index (χ2n) is 3.43. The van der Waals surface area contributed by atoms with Gasteiger partial charge in [0, 0.05) is 11.1 Å². The zero-order valence-electron chi connectivity index (χ0n) is 10.3. The van der Waals surface area contributed by atoms with Crippen LogP contribution in [0.2, 0.25) is 0 Å². The van der Waals surface area contributed by atoms with Crippen molar-refractivity contribution in [1.29, 1.82) is 5.26 Å². The molecule has 0 heterocycles. The van der Waals surface area contributed by atoms with E-state index in [1.54, 1.807) is 18.2 Å². The van der Waals surface area contributed by atoms with E-state index in [2.05, 4.69) is 4.85 Å². The molecule has 0 radical (unpaired) electrons. The van der Waals surface area contributed by atoms with E-state index in [0.717, 1.165) is 5.56 Å². The topological polar surface area (TPSA) is 66.8 Å². The van der Waals surface area contributed by atoms with Crippen LogP contribution in [0.25, 0.3) is 10.6 Å². The van der Waals surface area contributed by atoms with Gasteiger partial charge in [0.05, 0.1) is 26.9 Å². The van der Waals surface area contributed by atoms with E-state index in [1.807, 2.05) is 6.92 Å². The molecule has 5 nitrogen and oxygen atoms in total. The van der Waals surface area contributed by atoms with Gasteiger partial charge in [0.2, 0.25) is 0 Å². The summed E-state index contributed by atoms with van der Waals surface area (Å²) in [7, 11) is 2.98. The zero-order valence-corrected chi connectivity index (χ0v) is 10.3. The van der Waals surface area contributed by atoms with Gasteiger partial charge in [-0.3, -0.25) is 0 Å². The van der Waals surface area contributed by atoms with Gasteiger partial charge in [-0.2, -0.15) is 0 Å². The highest BCUT2D eigenvalue weighted by Crippen LogP contribution is 2.32. The fraction of sp³-hybridized carbons (Fsp3) is 0.231. The van der Waals surface area contributed by atoms with E-state index < -0.39 is 0 Å². The van der Waals surface area contributed by atoms with Crippen LogP contribution >= 0.6 is 0 Å². The van der Waals surface area contributed by atoms with Crippen LogP contribution in [0, 0.1) is 24.8 Å². The molecular formula is C13H12N2O3. The first-order chi connectivity index (χ1) is 8.58. The summed E-state index contributed by atoms with van der Waals surface area (Å²) in [5, 5.41) is 18.6. The second-order valence-corrected chi connectivity index (χ2v) is 3.43. The Balaban J connectivity index is 3.50. The number of nitrogens with zero attached hydrogens (tertiary/aromatic N) is 2. The number of hydrogen-bond acceptors (Lipinski definition) is 4. The van der Waals surface area contributed by atoms with E-state index >= 15 is 0 Å². The van der Waals surface area contributed by atoms with Crippen molar-refractivity contribution in [3.8, 4) is 17.6 Å². The van der Waals surface area contributed by atoms with Gasteiger partial charge >= 0.3 is 5.70 Å². The van der Waals surface area contributed by atoms with Gasteiger partial charge in [0.1, 0.15) is 17.3 Å². The average molecular weight is 244 g/mol. The van der Waals surface area contributed by atoms with Gasteiger partial charge < -0.3 is 14.6 Å². The lowest BCUT2D eigenvalue weighted by Gasteiger charge is -2.12. The van der Waals surface area contributed by atoms with E-state index in [9.17, 15) is 5.11 Å². The fourth-order valence-corrected chi connectivity index (χ4v) is 1.49. The molecule has 1 aromatic rings. The molecule has 1 aromatic carbocycles. The molecule has 92 valence electrons. The molecule has 0 atom stereocenters. The second kappa shape index (κ2) is 5.60. The summed E-state index contributed by atoms with van der Waals surface area (Å²) < 4.78 is 10.3. The highest BCUT2D eigenvalue weighted by Gasteiger charge is 2.13. The quantitative estimate of drug-likeness (QED) is 0.504. The summed E-state index contributed by atoms with van der Waals surface area (Å²) in [6, 6.07) is 4.74. The Hall–Kier alpha value is -2.66. The Bertz CT molecular complexity index is 536. The van der Waals surface area contributed by atoms with Crippen LogP contribution in [-0.4, -0.2) is 19.3 Å². The summed E-state index contributed by atoms with van der Waals surface area (Å²) in [6.07, 6.45) is 0. The third-order valence-corrected chi connectivity index (χ3v) is 2.47. The lowest BCUT2D eigenvalue weighted by molar-refractivity contribution is 0.387. The molecule has 0 saturated heterocycles. The molecule has 0 bridgehead atoms. The highest BCUT2D eigenvalue weighted by atomic mass is 16.5. The van der Waals surface area contributed by atoms with Crippen LogP contribution in [0.4, 0.5) is 0 Å². The number of ether oxygens (including phenoxy) is 2. The maximum absolute atomic E-state index is 9.84. The number of aliphatic hydroxyl groups excluding tert-OH is 1. The van der Waals surface area contributed by atoms with E-state index in [1.165, 1.54) is 14.2 Å². The third kappa shape index (κ3) is 2.36. The highest BCUT2D eigenvalue weighted by molar-refractivity contribution is 5.70. The Morgan fingerprint density at radius 2 is 1.83 bits per heavy atom. The molecule has 0 aliphatic heterocycles. The van der Waals surface area contributed by atoms with Crippen LogP contribution in [0.3, 0.4) is 0 Å². The SMILES string of the molecule is [C-]#[N+]/C(C#N)=C(/O)c1cc(OC)c(C)c(OC)c1. The molecule has 0 aromatic heterocycles. The van der Waals surface area contributed by atoms with Crippen LogP contribution in [0.5, 0.6) is 11.5 Å². The monoisotopic (exact) mass is 244 g/mol. The first-order valence-corrected chi connectivity index (χ1v) is 5.02. The van der Waals surface area contributed by atoms with Crippen LogP contribution in [0.15, 0.2) is 17.8 Å². The van der Waals surface area contributed by atoms with Crippen molar-refractivity contribution >= 4 is 5.76 Å². The minimum absolute atomic E-state index is 0.307. The summed E-state index contributed by atoms with van der Waals surface area (Å²) in [5.74, 6) is 0.639. The average Bonchev–Trinajstić information content (AvgIpc) is 2.40. The molecule has 5 heteroatoms. The van der Waals surface area contributed by atoms with E-state index in [4.69, 9.17) is 21.3 Å². The van der Waals surface area contributed by atoms with Crippen molar-refractivity contribution in [2.75, 3.05) is 14.2 Å². The van der Waals surface area contributed by atoms with Crippen LogP contribution in [-0.2, 0) is 0 Å². The number of rotatable bonds is 3. The van der Waals surface area contributed by atoms with Gasteiger partial charge in [-0.15, -0.1) is 0 Å². The number of nitriles is 1. The predicted molar refractivity (Wildman–Crippen MR) is 66.0 cm³/mol. The van der Waals surface area contributed by atoms with Gasteiger partial charge in [0.25, 0.3) is 0 Å². The molecule has 1 N–H and O–H groups in total. The number of hydrogen-bond donors (Lipinski definition) is 1. The molecule has 0 amide bonds. The zero-order chi connectivity index (χ0) is 13.7. The number of methoxy groups -OCH3 is 2. The molecule has 0 saturated carbocycles. The lowest BCUT2D eigenvalue weighted by atomic mass is 10.1. The first kappa shape index (κ1) is 13.4. The van der Waals surface area contributed by atoms with E-state index in [0.29, 0.717) is 17.1 Å². The van der Waals surface area contributed by atoms with Gasteiger partial charge in [-0.25, -0.2) is 10.1 Å². The fourth-order valence-electron chi connectivity index (χ4n) is 1.49. The number of allylic oxidation sites excluding steroid dienone is 1. The summed E-state index contributed by atoms with van der Waals surface area (Å²) in [4.78, 5) is 2.95. The predicted octanol–water partition coefficient (Wildman–Crippen LogP) is 2.68. The Labute approximate surface area is 105 Å². The molecule has 0 aliphatic carbocycles. The minimum atomic E-state index is -0.385. The maximum atomic E-state index is 9.84. The summed E-state index contributed by atoms with van der Waals surface area (Å²) in [6.45, 7) is 8.61. The molecule has 1 rings (SSSR count). The smallest absolute Gasteiger partial charge is 0.303 e. The largest absolute Gasteiger partial charge is 0.518 e. The lowest BCUT2D eigenvalue weighted by Crippen LogP contribution is -1.96. The van der Waals surface area contributed by atoms with Crippen LogP contribution < -0.4 is 9.47 Å². The normalized spacial score (nSPS) is 10.9. The Kier molecular flexibility index (Phi) is 4.17. The van der Waals surface area contributed by atoms with E-state index in [-0.39, 0.29) is 11.5 Å². The molecule has 0 fully saturated rings.